The summed E-state index contributed by atoms with van der Waals surface area (Å²) in [6.07, 6.45) is 1.56. The molecule has 0 amide bonds. The zero-order valence-electron chi connectivity index (χ0n) is 9.88. The van der Waals surface area contributed by atoms with E-state index in [4.69, 9.17) is 0 Å². The van der Waals surface area contributed by atoms with Crippen LogP contribution in [0.2, 0.25) is 0 Å². The van der Waals surface area contributed by atoms with Gasteiger partial charge in [-0.05, 0) is 87.0 Å². The van der Waals surface area contributed by atoms with Crippen LogP contribution in [0.5, 0.6) is 0 Å². The van der Waals surface area contributed by atoms with Gasteiger partial charge in [0.1, 0.15) is 10.4 Å². The fourth-order valence-electron chi connectivity index (χ4n) is 1.85. The molecule has 0 unspecified atom stereocenters. The van der Waals surface area contributed by atoms with Crippen LogP contribution in [0.15, 0.2) is 39.4 Å². The van der Waals surface area contributed by atoms with Gasteiger partial charge < -0.3 is 0 Å². The second kappa shape index (κ2) is 5.93. The Kier molecular flexibility index (Phi) is 4.51. The number of benzene rings is 1. The molecule has 0 N–H and O–H groups in total. The number of hydrogen-bond donors (Lipinski definition) is 0. The Bertz CT molecular complexity index is 549. The third kappa shape index (κ3) is 3.62. The van der Waals surface area contributed by atoms with Gasteiger partial charge in [0.05, 0.1) is 5.69 Å². The number of aromatic nitrogens is 1. The number of nitrogens with zero attached hydrogens (tertiary/aromatic N) is 1. The number of pyridine rings is 1. The summed E-state index contributed by atoms with van der Waals surface area (Å²) >= 11 is 6.83. The summed E-state index contributed by atoms with van der Waals surface area (Å²) in [4.78, 5) is 4.41. The fourth-order valence-corrected chi connectivity index (χ4v) is 2.62. The lowest BCUT2D eigenvalue weighted by Crippen LogP contribution is -1.97. The molecule has 0 radical (unpaired) electrons. The predicted octanol–water partition coefficient (Wildman–Crippen LogP) is 4.84. The highest BCUT2D eigenvalue weighted by Crippen LogP contribution is 2.20. The van der Waals surface area contributed by atoms with Crippen LogP contribution in [0.1, 0.15) is 16.8 Å². The van der Waals surface area contributed by atoms with E-state index in [0.717, 1.165) is 38.7 Å². The number of rotatable bonds is 3. The molecule has 1 aromatic heterocycles. The first kappa shape index (κ1) is 13.7. The van der Waals surface area contributed by atoms with Gasteiger partial charge >= 0.3 is 0 Å². The van der Waals surface area contributed by atoms with Crippen molar-refractivity contribution in [1.29, 1.82) is 0 Å². The summed E-state index contributed by atoms with van der Waals surface area (Å²) in [5, 5.41) is 0. The van der Waals surface area contributed by atoms with E-state index in [1.165, 1.54) is 6.07 Å². The average molecular weight is 373 g/mol. The molecule has 0 atom stereocenters. The first-order valence-electron chi connectivity index (χ1n) is 5.61. The molecule has 2 aromatic rings. The third-order valence-corrected chi connectivity index (χ3v) is 3.80. The minimum absolute atomic E-state index is 0.175. The zero-order chi connectivity index (χ0) is 13.1. The lowest BCUT2D eigenvalue weighted by Gasteiger charge is -2.06. The maximum Gasteiger partial charge on any atom is 0.123 e. The summed E-state index contributed by atoms with van der Waals surface area (Å²) in [5.41, 5.74) is 2.93. The van der Waals surface area contributed by atoms with E-state index in [-0.39, 0.29) is 5.82 Å². The molecular weight excluding hydrogens is 361 g/mol. The quantitative estimate of drug-likeness (QED) is 0.702. The predicted molar refractivity (Wildman–Crippen MR) is 78.2 cm³/mol. The van der Waals surface area contributed by atoms with Crippen molar-refractivity contribution in [1.82, 2.24) is 4.98 Å². The number of aryl methyl sites for hydroxylation is 3. The summed E-state index contributed by atoms with van der Waals surface area (Å²) in [6.45, 7) is 1.90. The van der Waals surface area contributed by atoms with Crippen molar-refractivity contribution in [2.24, 2.45) is 0 Å². The second-order valence-corrected chi connectivity index (χ2v) is 5.87. The first-order chi connectivity index (χ1) is 8.54. The molecule has 94 valence electrons. The normalized spacial score (nSPS) is 10.7. The van der Waals surface area contributed by atoms with Crippen LogP contribution in [0.3, 0.4) is 0 Å². The van der Waals surface area contributed by atoms with Gasteiger partial charge in [0, 0.05) is 4.47 Å². The van der Waals surface area contributed by atoms with Crippen molar-refractivity contribution in [2.75, 3.05) is 0 Å². The minimum atomic E-state index is -0.175. The van der Waals surface area contributed by atoms with Gasteiger partial charge in [-0.25, -0.2) is 9.37 Å². The van der Waals surface area contributed by atoms with Crippen LogP contribution in [-0.2, 0) is 12.8 Å². The smallest absolute Gasteiger partial charge is 0.123 e. The van der Waals surface area contributed by atoms with Crippen molar-refractivity contribution in [3.8, 4) is 0 Å². The zero-order valence-corrected chi connectivity index (χ0v) is 13.1. The van der Waals surface area contributed by atoms with Gasteiger partial charge in [0.15, 0.2) is 0 Å². The summed E-state index contributed by atoms with van der Waals surface area (Å²) < 4.78 is 15.1. The average Bonchev–Trinajstić information content (AvgIpc) is 2.29. The van der Waals surface area contributed by atoms with Crippen molar-refractivity contribution in [3.63, 3.8) is 0 Å². The maximum absolute atomic E-state index is 13.3. The topological polar surface area (TPSA) is 12.9 Å². The molecule has 0 saturated carbocycles. The van der Waals surface area contributed by atoms with E-state index in [2.05, 4.69) is 36.8 Å². The van der Waals surface area contributed by atoms with Gasteiger partial charge in [-0.1, -0.05) is 6.07 Å². The van der Waals surface area contributed by atoms with Crippen LogP contribution in [0.25, 0.3) is 0 Å². The van der Waals surface area contributed by atoms with Crippen molar-refractivity contribution < 1.29 is 4.39 Å². The Hall–Kier alpha value is -0.740. The van der Waals surface area contributed by atoms with Crippen LogP contribution in [0.4, 0.5) is 4.39 Å². The van der Waals surface area contributed by atoms with Crippen LogP contribution >= 0.6 is 31.9 Å². The highest BCUT2D eigenvalue weighted by atomic mass is 79.9. The van der Waals surface area contributed by atoms with Crippen molar-refractivity contribution >= 4 is 31.9 Å². The molecule has 18 heavy (non-hydrogen) atoms. The molecule has 0 fully saturated rings. The third-order valence-electron chi connectivity index (χ3n) is 2.64. The maximum atomic E-state index is 13.3. The molecule has 1 heterocycles. The van der Waals surface area contributed by atoms with E-state index in [9.17, 15) is 4.39 Å². The highest BCUT2D eigenvalue weighted by molar-refractivity contribution is 9.11. The molecule has 0 aliphatic carbocycles. The number of halogens is 3. The summed E-state index contributed by atoms with van der Waals surface area (Å²) in [5.74, 6) is -0.175. The Morgan fingerprint density at radius 3 is 2.61 bits per heavy atom. The van der Waals surface area contributed by atoms with Gasteiger partial charge in [-0.2, -0.15) is 0 Å². The first-order valence-corrected chi connectivity index (χ1v) is 7.20. The van der Waals surface area contributed by atoms with Gasteiger partial charge in [-0.3, -0.25) is 0 Å². The van der Waals surface area contributed by atoms with Gasteiger partial charge in [0.2, 0.25) is 0 Å². The van der Waals surface area contributed by atoms with Crippen LogP contribution < -0.4 is 0 Å². The summed E-state index contributed by atoms with van der Waals surface area (Å²) in [7, 11) is 0. The van der Waals surface area contributed by atoms with E-state index in [1.54, 1.807) is 6.07 Å². The Morgan fingerprint density at radius 2 is 1.89 bits per heavy atom. The second-order valence-electron chi connectivity index (χ2n) is 4.20. The molecule has 4 heteroatoms. The minimum Gasteiger partial charge on any atom is -0.245 e. The van der Waals surface area contributed by atoms with E-state index in [1.807, 2.05) is 25.1 Å². The molecule has 0 aliphatic heterocycles. The molecular formula is C14H12Br2FN. The Labute approximate surface area is 123 Å². The molecule has 0 aliphatic rings. The molecule has 2 rings (SSSR count). The van der Waals surface area contributed by atoms with Gasteiger partial charge in [-0.15, -0.1) is 0 Å². The standard InChI is InChI=1S/C14H12Br2FN/c1-9-6-10(8-11(17)7-9)2-4-13-12(15)3-5-14(16)18-13/h3,5-8H,2,4H2,1H3. The molecule has 1 nitrogen and oxygen atoms in total. The summed E-state index contributed by atoms with van der Waals surface area (Å²) in [6, 6.07) is 8.98. The highest BCUT2D eigenvalue weighted by Gasteiger charge is 2.04. The Balaban J connectivity index is 2.13. The van der Waals surface area contributed by atoms with E-state index < -0.39 is 0 Å². The van der Waals surface area contributed by atoms with Crippen LogP contribution in [0, 0.1) is 12.7 Å². The van der Waals surface area contributed by atoms with Crippen molar-refractivity contribution in [3.05, 3.63) is 62.0 Å². The lowest BCUT2D eigenvalue weighted by molar-refractivity contribution is 0.623. The molecule has 0 bridgehead atoms. The van der Waals surface area contributed by atoms with Gasteiger partial charge in [0.25, 0.3) is 0 Å². The number of hydrogen-bond acceptors (Lipinski definition) is 1. The molecule has 1 aromatic carbocycles. The monoisotopic (exact) mass is 371 g/mol. The fraction of sp³-hybridized carbons (Fsp3) is 0.214. The van der Waals surface area contributed by atoms with E-state index >= 15 is 0 Å². The molecule has 0 spiro atoms. The largest absolute Gasteiger partial charge is 0.245 e. The van der Waals surface area contributed by atoms with Crippen molar-refractivity contribution in [2.45, 2.75) is 19.8 Å². The lowest BCUT2D eigenvalue weighted by atomic mass is 10.1. The molecule has 0 saturated heterocycles. The van der Waals surface area contributed by atoms with E-state index in [0.29, 0.717) is 0 Å². The Morgan fingerprint density at radius 1 is 1.11 bits per heavy atom. The SMILES string of the molecule is Cc1cc(F)cc(CCc2nc(Br)ccc2Br)c1. The van der Waals surface area contributed by atoms with Crippen LogP contribution in [-0.4, -0.2) is 4.98 Å².